The van der Waals surface area contributed by atoms with Crippen LogP contribution >= 0.6 is 11.6 Å². The predicted octanol–water partition coefficient (Wildman–Crippen LogP) is 4.36. The molecule has 2 aromatic rings. The molecule has 102 valence electrons. The summed E-state index contributed by atoms with van der Waals surface area (Å²) in [5.41, 5.74) is -1.46. The zero-order chi connectivity index (χ0) is 14.4. The summed E-state index contributed by atoms with van der Waals surface area (Å²) in [7, 11) is 1.22. The molecular formula is C12H8ClF4NO. The molecule has 0 aliphatic rings. The molecule has 2 rings (SSSR count). The van der Waals surface area contributed by atoms with Gasteiger partial charge < -0.3 is 4.74 Å². The third-order valence-corrected chi connectivity index (χ3v) is 3.16. The molecule has 0 aliphatic heterocycles. The number of hydrogen-bond acceptors (Lipinski definition) is 2. The van der Waals surface area contributed by atoms with Gasteiger partial charge in [0.15, 0.2) is 0 Å². The van der Waals surface area contributed by atoms with Crippen LogP contribution in [0.1, 0.15) is 11.3 Å². The highest BCUT2D eigenvalue weighted by molar-refractivity contribution is 6.36. The fourth-order valence-corrected chi connectivity index (χ4v) is 2.02. The maximum absolute atomic E-state index is 13.3. The summed E-state index contributed by atoms with van der Waals surface area (Å²) < 4.78 is 56.7. The summed E-state index contributed by atoms with van der Waals surface area (Å²) in [6, 6.07) is 1.99. The lowest BCUT2D eigenvalue weighted by Crippen LogP contribution is -2.11. The van der Waals surface area contributed by atoms with Crippen LogP contribution in [0, 0.1) is 12.7 Å². The SMILES string of the molecule is COc1cc(F)cc2c(Cl)c(C)c(C(F)(F)F)nc12. The number of fused-ring (bicyclic) bond motifs is 1. The van der Waals surface area contributed by atoms with E-state index in [2.05, 4.69) is 4.98 Å². The largest absolute Gasteiger partial charge is 0.494 e. The van der Waals surface area contributed by atoms with Crippen LogP contribution < -0.4 is 4.74 Å². The number of nitrogens with zero attached hydrogens (tertiary/aromatic N) is 1. The number of ether oxygens (including phenoxy) is 1. The molecular weight excluding hydrogens is 286 g/mol. The summed E-state index contributed by atoms with van der Waals surface area (Å²) in [6.45, 7) is 1.19. The van der Waals surface area contributed by atoms with Gasteiger partial charge in [0, 0.05) is 11.5 Å². The molecule has 0 saturated carbocycles. The third-order valence-electron chi connectivity index (χ3n) is 2.67. The van der Waals surface area contributed by atoms with Crippen molar-refractivity contribution in [1.29, 1.82) is 0 Å². The van der Waals surface area contributed by atoms with Crippen molar-refractivity contribution in [3.8, 4) is 5.75 Å². The first-order valence-corrected chi connectivity index (χ1v) is 5.54. The Morgan fingerprint density at radius 3 is 2.42 bits per heavy atom. The second kappa shape index (κ2) is 4.52. The zero-order valence-corrected chi connectivity index (χ0v) is 10.7. The maximum atomic E-state index is 13.3. The Hall–Kier alpha value is -1.56. The number of alkyl halides is 3. The second-order valence-electron chi connectivity index (χ2n) is 3.90. The quantitative estimate of drug-likeness (QED) is 0.729. The molecule has 0 radical (unpaired) electrons. The van der Waals surface area contributed by atoms with E-state index < -0.39 is 17.7 Å². The Balaban J connectivity index is 2.93. The van der Waals surface area contributed by atoms with Gasteiger partial charge in [-0.15, -0.1) is 0 Å². The summed E-state index contributed by atoms with van der Waals surface area (Å²) in [4.78, 5) is 3.52. The fraction of sp³-hybridized carbons (Fsp3) is 0.250. The maximum Gasteiger partial charge on any atom is 0.433 e. The molecule has 0 bridgehead atoms. The van der Waals surface area contributed by atoms with Gasteiger partial charge in [0.2, 0.25) is 0 Å². The first-order valence-electron chi connectivity index (χ1n) is 5.16. The Labute approximate surface area is 111 Å². The van der Waals surface area contributed by atoms with Crippen LogP contribution in [-0.4, -0.2) is 12.1 Å². The van der Waals surface area contributed by atoms with Crippen LogP contribution in [0.2, 0.25) is 5.02 Å². The smallest absolute Gasteiger partial charge is 0.433 e. The van der Waals surface area contributed by atoms with Crippen molar-refractivity contribution in [2.75, 3.05) is 7.11 Å². The van der Waals surface area contributed by atoms with E-state index >= 15 is 0 Å². The topological polar surface area (TPSA) is 22.1 Å². The molecule has 1 aromatic heterocycles. The van der Waals surface area contributed by atoms with Crippen LogP contribution in [0.25, 0.3) is 10.9 Å². The lowest BCUT2D eigenvalue weighted by molar-refractivity contribution is -0.141. The molecule has 0 aliphatic carbocycles. The van der Waals surface area contributed by atoms with Crippen molar-refractivity contribution in [3.05, 3.63) is 34.2 Å². The molecule has 7 heteroatoms. The summed E-state index contributed by atoms with van der Waals surface area (Å²) in [5, 5.41) is -0.0980. The van der Waals surface area contributed by atoms with Crippen LogP contribution in [0.3, 0.4) is 0 Å². The molecule has 19 heavy (non-hydrogen) atoms. The average molecular weight is 294 g/mol. The molecule has 0 saturated heterocycles. The summed E-state index contributed by atoms with van der Waals surface area (Å²) >= 11 is 5.88. The van der Waals surface area contributed by atoms with Crippen molar-refractivity contribution in [2.45, 2.75) is 13.1 Å². The summed E-state index contributed by atoms with van der Waals surface area (Å²) in [6.07, 6.45) is -4.64. The van der Waals surface area contributed by atoms with Gasteiger partial charge in [0.1, 0.15) is 22.8 Å². The lowest BCUT2D eigenvalue weighted by Gasteiger charge is -2.14. The Morgan fingerprint density at radius 1 is 1.26 bits per heavy atom. The van der Waals surface area contributed by atoms with Gasteiger partial charge in [-0.3, -0.25) is 0 Å². The van der Waals surface area contributed by atoms with E-state index in [9.17, 15) is 17.6 Å². The average Bonchev–Trinajstić information content (AvgIpc) is 2.31. The Bertz CT molecular complexity index is 654. The predicted molar refractivity (Wildman–Crippen MR) is 63.0 cm³/mol. The van der Waals surface area contributed by atoms with E-state index in [1.165, 1.54) is 14.0 Å². The van der Waals surface area contributed by atoms with Crippen molar-refractivity contribution < 1.29 is 22.3 Å². The minimum Gasteiger partial charge on any atom is -0.494 e. The highest BCUT2D eigenvalue weighted by Crippen LogP contribution is 2.39. The number of aromatic nitrogens is 1. The van der Waals surface area contributed by atoms with Gasteiger partial charge in [-0.05, 0) is 18.6 Å². The van der Waals surface area contributed by atoms with E-state index in [0.29, 0.717) is 0 Å². The number of methoxy groups -OCH3 is 1. The standard InChI is InChI=1S/C12H8ClF4NO/c1-5-9(13)7-3-6(14)4-8(19-2)10(7)18-11(5)12(15,16)17/h3-4H,1-2H3. The second-order valence-corrected chi connectivity index (χ2v) is 4.28. The van der Waals surface area contributed by atoms with Crippen molar-refractivity contribution >= 4 is 22.5 Å². The first kappa shape index (κ1) is 13.9. The molecule has 0 atom stereocenters. The highest BCUT2D eigenvalue weighted by atomic mass is 35.5. The minimum absolute atomic E-state index is 0.0871. The Morgan fingerprint density at radius 2 is 1.89 bits per heavy atom. The summed E-state index contributed by atoms with van der Waals surface area (Å²) in [5.74, 6) is -0.755. The van der Waals surface area contributed by atoms with Gasteiger partial charge in [0.05, 0.1) is 12.1 Å². The molecule has 0 spiro atoms. The number of halogens is 5. The monoisotopic (exact) mass is 293 g/mol. The van der Waals surface area contributed by atoms with E-state index in [0.717, 1.165) is 12.1 Å². The normalized spacial score (nSPS) is 11.9. The van der Waals surface area contributed by atoms with E-state index in [1.54, 1.807) is 0 Å². The van der Waals surface area contributed by atoms with Crippen LogP contribution in [0.5, 0.6) is 5.75 Å². The van der Waals surface area contributed by atoms with Crippen molar-refractivity contribution in [2.24, 2.45) is 0 Å². The van der Waals surface area contributed by atoms with Gasteiger partial charge >= 0.3 is 6.18 Å². The van der Waals surface area contributed by atoms with Crippen LogP contribution in [0.4, 0.5) is 17.6 Å². The highest BCUT2D eigenvalue weighted by Gasteiger charge is 2.36. The zero-order valence-electron chi connectivity index (χ0n) is 9.90. The number of hydrogen-bond donors (Lipinski definition) is 0. The van der Waals surface area contributed by atoms with Gasteiger partial charge in [-0.1, -0.05) is 11.6 Å². The minimum atomic E-state index is -4.64. The Kier molecular flexibility index (Phi) is 3.30. The molecule has 2 nitrogen and oxygen atoms in total. The molecule has 0 N–H and O–H groups in total. The molecule has 1 aromatic carbocycles. The van der Waals surface area contributed by atoms with Gasteiger partial charge in [-0.25, -0.2) is 9.37 Å². The number of benzene rings is 1. The van der Waals surface area contributed by atoms with Crippen LogP contribution in [0.15, 0.2) is 12.1 Å². The van der Waals surface area contributed by atoms with E-state index in [1.807, 2.05) is 0 Å². The number of pyridine rings is 1. The molecule has 1 heterocycles. The third kappa shape index (κ3) is 2.32. The van der Waals surface area contributed by atoms with Gasteiger partial charge in [0.25, 0.3) is 0 Å². The van der Waals surface area contributed by atoms with E-state index in [4.69, 9.17) is 16.3 Å². The molecule has 0 unspecified atom stereocenters. The lowest BCUT2D eigenvalue weighted by atomic mass is 10.1. The van der Waals surface area contributed by atoms with Crippen molar-refractivity contribution in [1.82, 2.24) is 4.98 Å². The van der Waals surface area contributed by atoms with E-state index in [-0.39, 0.29) is 27.2 Å². The molecule has 0 fully saturated rings. The number of rotatable bonds is 1. The van der Waals surface area contributed by atoms with Crippen molar-refractivity contribution in [3.63, 3.8) is 0 Å². The van der Waals surface area contributed by atoms with Gasteiger partial charge in [-0.2, -0.15) is 13.2 Å². The first-order chi connectivity index (χ1) is 8.75. The molecule has 0 amide bonds. The fourth-order valence-electron chi connectivity index (χ4n) is 1.79. The van der Waals surface area contributed by atoms with Crippen LogP contribution in [-0.2, 0) is 6.18 Å².